The van der Waals surface area contributed by atoms with Crippen LogP contribution in [0.4, 0.5) is 4.39 Å². The summed E-state index contributed by atoms with van der Waals surface area (Å²) in [5, 5.41) is 10.6. The lowest BCUT2D eigenvalue weighted by atomic mass is 9.71. The number of likely N-dealkylation sites (tertiary alicyclic amines) is 1. The van der Waals surface area contributed by atoms with E-state index >= 15 is 0 Å². The van der Waals surface area contributed by atoms with Crippen LogP contribution in [0.2, 0.25) is 0 Å². The smallest absolute Gasteiger partial charge is 0.253 e. The summed E-state index contributed by atoms with van der Waals surface area (Å²) < 4.78 is 12.9. The molecular weight excluding hydrogens is 257 g/mol. The maximum absolute atomic E-state index is 12.9. The van der Waals surface area contributed by atoms with Crippen LogP contribution in [0.1, 0.15) is 42.5 Å². The van der Waals surface area contributed by atoms with Crippen molar-refractivity contribution < 1.29 is 14.3 Å². The van der Waals surface area contributed by atoms with Gasteiger partial charge in [-0.2, -0.15) is 0 Å². The fourth-order valence-corrected chi connectivity index (χ4v) is 3.53. The number of halogens is 1. The summed E-state index contributed by atoms with van der Waals surface area (Å²) in [6.45, 7) is 1.20. The molecule has 108 valence electrons. The molecule has 2 atom stereocenters. The predicted octanol–water partition coefficient (Wildman–Crippen LogP) is 2.59. The first-order valence-electron chi connectivity index (χ1n) is 7.36. The standard InChI is InChI=1S/C16H20FNO2/c17-14-6-4-12(5-7-14)15(19)18-10-9-16(20)8-2-1-3-13(16)11-18/h4-7,13,20H,1-3,8-11H2/t13-,16-/m0/s1. The second kappa shape index (κ2) is 5.17. The lowest BCUT2D eigenvalue weighted by Crippen LogP contribution is -2.54. The number of hydrogen-bond acceptors (Lipinski definition) is 2. The van der Waals surface area contributed by atoms with Crippen LogP contribution >= 0.6 is 0 Å². The Hall–Kier alpha value is -1.42. The van der Waals surface area contributed by atoms with Gasteiger partial charge < -0.3 is 10.0 Å². The molecular formula is C16H20FNO2. The Bertz CT molecular complexity index is 502. The topological polar surface area (TPSA) is 40.5 Å². The number of fused-ring (bicyclic) bond motifs is 1. The van der Waals surface area contributed by atoms with Crippen molar-refractivity contribution in [2.75, 3.05) is 13.1 Å². The summed E-state index contributed by atoms with van der Waals surface area (Å²) in [5.74, 6) is -0.200. The maximum Gasteiger partial charge on any atom is 0.253 e. The van der Waals surface area contributed by atoms with Crippen LogP contribution in [0.3, 0.4) is 0 Å². The molecule has 0 unspecified atom stereocenters. The second-order valence-corrected chi connectivity index (χ2v) is 6.05. The Labute approximate surface area is 118 Å². The van der Waals surface area contributed by atoms with E-state index in [9.17, 15) is 14.3 Å². The number of nitrogens with zero attached hydrogens (tertiary/aromatic N) is 1. The van der Waals surface area contributed by atoms with Crippen LogP contribution in [-0.2, 0) is 0 Å². The average molecular weight is 277 g/mol. The van der Waals surface area contributed by atoms with Gasteiger partial charge in [0, 0.05) is 24.6 Å². The molecule has 0 spiro atoms. The molecule has 1 aromatic rings. The van der Waals surface area contributed by atoms with Crippen LogP contribution in [0.15, 0.2) is 24.3 Å². The molecule has 2 aliphatic rings. The highest BCUT2D eigenvalue weighted by molar-refractivity contribution is 5.94. The van der Waals surface area contributed by atoms with E-state index < -0.39 is 5.60 Å². The van der Waals surface area contributed by atoms with E-state index in [-0.39, 0.29) is 17.6 Å². The highest BCUT2D eigenvalue weighted by atomic mass is 19.1. The lowest BCUT2D eigenvalue weighted by molar-refractivity contribution is -0.0886. The van der Waals surface area contributed by atoms with Crippen LogP contribution in [0.25, 0.3) is 0 Å². The number of carbonyl (C=O) groups is 1. The zero-order valence-corrected chi connectivity index (χ0v) is 11.5. The van der Waals surface area contributed by atoms with Gasteiger partial charge in [-0.3, -0.25) is 4.79 Å². The van der Waals surface area contributed by atoms with Gasteiger partial charge in [0.1, 0.15) is 5.82 Å². The van der Waals surface area contributed by atoms with E-state index in [2.05, 4.69) is 0 Å². The molecule has 4 heteroatoms. The van der Waals surface area contributed by atoms with Crippen LogP contribution < -0.4 is 0 Å². The summed E-state index contributed by atoms with van der Waals surface area (Å²) in [4.78, 5) is 14.2. The van der Waals surface area contributed by atoms with Gasteiger partial charge in [-0.15, -0.1) is 0 Å². The van der Waals surface area contributed by atoms with Crippen molar-refractivity contribution >= 4 is 5.91 Å². The number of rotatable bonds is 1. The van der Waals surface area contributed by atoms with Gasteiger partial charge in [-0.05, 0) is 43.5 Å². The van der Waals surface area contributed by atoms with Gasteiger partial charge in [0.25, 0.3) is 5.91 Å². The third kappa shape index (κ3) is 2.44. The molecule has 1 aliphatic heterocycles. The molecule has 3 rings (SSSR count). The summed E-state index contributed by atoms with van der Waals surface area (Å²) in [6.07, 6.45) is 4.72. The van der Waals surface area contributed by atoms with Gasteiger partial charge in [-0.1, -0.05) is 12.8 Å². The zero-order chi connectivity index (χ0) is 14.2. The van der Waals surface area contributed by atoms with Crippen molar-refractivity contribution in [3.8, 4) is 0 Å². The van der Waals surface area contributed by atoms with Crippen molar-refractivity contribution in [2.45, 2.75) is 37.7 Å². The van der Waals surface area contributed by atoms with E-state index in [1.165, 1.54) is 24.3 Å². The fraction of sp³-hybridized carbons (Fsp3) is 0.562. The van der Waals surface area contributed by atoms with Crippen molar-refractivity contribution in [1.29, 1.82) is 0 Å². The van der Waals surface area contributed by atoms with Gasteiger partial charge in [0.2, 0.25) is 0 Å². The summed E-state index contributed by atoms with van der Waals surface area (Å²) >= 11 is 0. The molecule has 0 radical (unpaired) electrons. The molecule has 1 N–H and O–H groups in total. The molecule has 1 aromatic carbocycles. The van der Waals surface area contributed by atoms with E-state index in [4.69, 9.17) is 0 Å². The first-order valence-corrected chi connectivity index (χ1v) is 7.36. The van der Waals surface area contributed by atoms with E-state index in [1.54, 1.807) is 4.90 Å². The van der Waals surface area contributed by atoms with Crippen LogP contribution in [0, 0.1) is 11.7 Å². The molecule has 1 heterocycles. The fourth-order valence-electron chi connectivity index (χ4n) is 3.53. The number of piperidine rings is 1. The Balaban J connectivity index is 1.72. The van der Waals surface area contributed by atoms with Crippen LogP contribution in [-0.4, -0.2) is 34.6 Å². The number of amides is 1. The monoisotopic (exact) mass is 277 g/mol. The van der Waals surface area contributed by atoms with Crippen molar-refractivity contribution in [2.24, 2.45) is 5.92 Å². The predicted molar refractivity (Wildman–Crippen MR) is 73.8 cm³/mol. The minimum absolute atomic E-state index is 0.0578. The second-order valence-electron chi connectivity index (χ2n) is 6.05. The molecule has 1 saturated carbocycles. The molecule has 20 heavy (non-hydrogen) atoms. The van der Waals surface area contributed by atoms with E-state index in [0.717, 1.165) is 25.7 Å². The van der Waals surface area contributed by atoms with Gasteiger partial charge in [-0.25, -0.2) is 4.39 Å². The van der Waals surface area contributed by atoms with Crippen molar-refractivity contribution in [3.05, 3.63) is 35.6 Å². The Kier molecular flexibility index (Phi) is 3.50. The first-order chi connectivity index (χ1) is 9.58. The normalized spacial score (nSPS) is 29.9. The summed E-state index contributed by atoms with van der Waals surface area (Å²) in [6, 6.07) is 5.68. The third-order valence-corrected chi connectivity index (χ3v) is 4.81. The van der Waals surface area contributed by atoms with Crippen LogP contribution in [0.5, 0.6) is 0 Å². The minimum atomic E-state index is -0.572. The maximum atomic E-state index is 12.9. The molecule has 1 amide bonds. The number of benzene rings is 1. The highest BCUT2D eigenvalue weighted by Crippen LogP contribution is 2.39. The zero-order valence-electron chi connectivity index (χ0n) is 11.5. The molecule has 0 bridgehead atoms. The largest absolute Gasteiger partial charge is 0.389 e. The quantitative estimate of drug-likeness (QED) is 0.857. The number of aliphatic hydroxyl groups is 1. The van der Waals surface area contributed by atoms with Gasteiger partial charge >= 0.3 is 0 Å². The van der Waals surface area contributed by atoms with Crippen molar-refractivity contribution in [1.82, 2.24) is 4.90 Å². The van der Waals surface area contributed by atoms with Gasteiger partial charge in [0.15, 0.2) is 0 Å². The van der Waals surface area contributed by atoms with E-state index in [1.807, 2.05) is 0 Å². The number of hydrogen-bond donors (Lipinski definition) is 1. The van der Waals surface area contributed by atoms with E-state index in [0.29, 0.717) is 25.1 Å². The lowest BCUT2D eigenvalue weighted by Gasteiger charge is -2.47. The molecule has 3 nitrogen and oxygen atoms in total. The van der Waals surface area contributed by atoms with Crippen molar-refractivity contribution in [3.63, 3.8) is 0 Å². The summed E-state index contributed by atoms with van der Waals surface area (Å²) in [5.41, 5.74) is -0.0506. The molecule has 1 aliphatic carbocycles. The first kappa shape index (κ1) is 13.6. The highest BCUT2D eigenvalue weighted by Gasteiger charge is 2.43. The Morgan fingerprint density at radius 2 is 2.00 bits per heavy atom. The number of carbonyl (C=O) groups excluding carboxylic acids is 1. The molecule has 0 aromatic heterocycles. The minimum Gasteiger partial charge on any atom is -0.389 e. The Morgan fingerprint density at radius 1 is 1.25 bits per heavy atom. The third-order valence-electron chi connectivity index (χ3n) is 4.81. The Morgan fingerprint density at radius 3 is 2.75 bits per heavy atom. The summed E-state index contributed by atoms with van der Waals surface area (Å²) in [7, 11) is 0. The SMILES string of the molecule is O=C(c1ccc(F)cc1)N1CC[C@@]2(O)CCCC[C@H]2C1. The molecule has 2 fully saturated rings. The average Bonchev–Trinajstić information content (AvgIpc) is 2.46. The molecule has 1 saturated heterocycles. The van der Waals surface area contributed by atoms with Gasteiger partial charge in [0.05, 0.1) is 5.60 Å².